The molecule has 0 fully saturated rings. The number of pyridine rings is 1. The first-order valence-corrected chi connectivity index (χ1v) is 13.2. The summed E-state index contributed by atoms with van der Waals surface area (Å²) >= 11 is 6.64. The second-order valence-electron chi connectivity index (χ2n) is 9.97. The standard InChI is InChI=1S/C29H35ClN6O3/c1-15-9-20-12-36(13-24(20)18(4)33-15)29-16(2)27(26(17(3)31)19(5)37)34-28(35-29)23-10-22(7-8-25(23)30)39-14-21(38)11-32-6/h7-10,21,32,38H,11-14,31H2,1-6H3/t21-/m1/s1. The zero-order valence-electron chi connectivity index (χ0n) is 23.2. The molecular weight excluding hydrogens is 516 g/mol. The normalized spacial score (nSPS) is 14.2. The van der Waals surface area contributed by atoms with Crippen LogP contribution in [0.4, 0.5) is 5.82 Å². The van der Waals surface area contributed by atoms with Gasteiger partial charge >= 0.3 is 0 Å². The lowest BCUT2D eigenvalue weighted by atomic mass is 10.0. The van der Waals surface area contributed by atoms with Crippen LogP contribution in [0.5, 0.6) is 5.75 Å². The predicted molar refractivity (Wildman–Crippen MR) is 154 cm³/mol. The summed E-state index contributed by atoms with van der Waals surface area (Å²) in [5.74, 6) is 1.37. The molecule has 0 aliphatic carbocycles. The molecule has 0 saturated carbocycles. The monoisotopic (exact) mass is 550 g/mol. The Morgan fingerprint density at radius 2 is 1.92 bits per heavy atom. The van der Waals surface area contributed by atoms with Crippen molar-refractivity contribution in [2.24, 2.45) is 5.73 Å². The Kier molecular flexibility index (Phi) is 8.54. The Balaban J connectivity index is 1.84. The van der Waals surface area contributed by atoms with Crippen LogP contribution in [0, 0.1) is 20.8 Å². The van der Waals surface area contributed by atoms with Gasteiger partial charge in [-0.05, 0) is 77.1 Å². The summed E-state index contributed by atoms with van der Waals surface area (Å²) in [7, 11) is 1.76. The summed E-state index contributed by atoms with van der Waals surface area (Å²) in [6, 6.07) is 7.29. The van der Waals surface area contributed by atoms with E-state index in [4.69, 9.17) is 32.0 Å². The van der Waals surface area contributed by atoms with Crippen molar-refractivity contribution >= 4 is 28.8 Å². The van der Waals surface area contributed by atoms with E-state index in [-0.39, 0.29) is 12.4 Å². The maximum Gasteiger partial charge on any atom is 0.163 e. The number of ketones is 1. The van der Waals surface area contributed by atoms with Crippen molar-refractivity contribution in [1.82, 2.24) is 20.3 Å². The van der Waals surface area contributed by atoms with Crippen molar-refractivity contribution in [3.63, 3.8) is 0 Å². The van der Waals surface area contributed by atoms with E-state index in [0.717, 1.165) is 17.0 Å². The molecule has 206 valence electrons. The number of hydrogen-bond donors (Lipinski definition) is 3. The Morgan fingerprint density at radius 1 is 1.18 bits per heavy atom. The first kappa shape index (κ1) is 28.5. The minimum Gasteiger partial charge on any atom is -0.491 e. The number of anilines is 1. The minimum atomic E-state index is -0.669. The van der Waals surface area contributed by atoms with Gasteiger partial charge in [0.05, 0.1) is 16.3 Å². The molecule has 39 heavy (non-hydrogen) atoms. The molecule has 0 saturated heterocycles. The van der Waals surface area contributed by atoms with Crippen LogP contribution in [0.3, 0.4) is 0 Å². The number of rotatable bonds is 9. The van der Waals surface area contributed by atoms with E-state index in [1.807, 2.05) is 20.8 Å². The predicted octanol–water partition coefficient (Wildman–Crippen LogP) is 3.88. The average Bonchev–Trinajstić information content (AvgIpc) is 3.28. The van der Waals surface area contributed by atoms with E-state index in [1.54, 1.807) is 32.2 Å². The Hall–Kier alpha value is -3.53. The number of carbonyl (C=O) groups excluding carboxylic acids is 1. The smallest absolute Gasteiger partial charge is 0.163 e. The lowest BCUT2D eigenvalue weighted by molar-refractivity contribution is -0.111. The van der Waals surface area contributed by atoms with Crippen LogP contribution in [-0.4, -0.2) is 52.1 Å². The number of aliphatic hydroxyl groups is 1. The Labute approximate surface area is 234 Å². The Bertz CT molecular complexity index is 1450. The molecule has 1 aliphatic rings. The Morgan fingerprint density at radius 3 is 2.59 bits per heavy atom. The van der Waals surface area contributed by atoms with Gasteiger partial charge in [0.15, 0.2) is 11.6 Å². The molecule has 2 aromatic heterocycles. The fourth-order valence-electron chi connectivity index (χ4n) is 4.96. The number of hydrogen-bond acceptors (Lipinski definition) is 9. The largest absolute Gasteiger partial charge is 0.491 e. The molecule has 3 heterocycles. The number of nitrogens with one attached hydrogen (secondary N) is 1. The molecule has 0 spiro atoms. The van der Waals surface area contributed by atoms with Gasteiger partial charge in [-0.1, -0.05) is 11.6 Å². The van der Waals surface area contributed by atoms with Crippen LogP contribution in [0.25, 0.3) is 17.0 Å². The molecule has 0 bridgehead atoms. The summed E-state index contributed by atoms with van der Waals surface area (Å²) in [5.41, 5.74) is 13.0. The van der Waals surface area contributed by atoms with Gasteiger partial charge in [-0.25, -0.2) is 9.97 Å². The highest BCUT2D eigenvalue weighted by Crippen LogP contribution is 2.37. The van der Waals surface area contributed by atoms with Crippen LogP contribution >= 0.6 is 11.6 Å². The highest BCUT2D eigenvalue weighted by atomic mass is 35.5. The fraction of sp³-hybridized carbons (Fsp3) is 0.379. The average molecular weight is 551 g/mol. The van der Waals surface area contributed by atoms with Crippen LogP contribution in [-0.2, 0) is 17.9 Å². The summed E-state index contributed by atoms with van der Waals surface area (Å²) < 4.78 is 5.81. The van der Waals surface area contributed by atoms with E-state index in [2.05, 4.69) is 21.3 Å². The summed E-state index contributed by atoms with van der Waals surface area (Å²) in [6.45, 7) is 10.9. The highest BCUT2D eigenvalue weighted by molar-refractivity contribution is 6.33. The lowest BCUT2D eigenvalue weighted by Crippen LogP contribution is -2.29. The number of aromatic nitrogens is 3. The topological polar surface area (TPSA) is 126 Å². The number of allylic oxidation sites excluding steroid dienone is 2. The van der Waals surface area contributed by atoms with E-state index in [9.17, 15) is 9.90 Å². The van der Waals surface area contributed by atoms with Gasteiger partial charge in [0.2, 0.25) is 0 Å². The number of nitrogens with zero attached hydrogens (tertiary/aromatic N) is 4. The number of carbonyl (C=O) groups is 1. The number of benzene rings is 1. The molecule has 1 aliphatic heterocycles. The van der Waals surface area contributed by atoms with Gasteiger partial charge in [-0.15, -0.1) is 0 Å². The van der Waals surface area contributed by atoms with Crippen LogP contribution < -0.4 is 20.7 Å². The zero-order chi connectivity index (χ0) is 28.4. The van der Waals surface area contributed by atoms with Crippen molar-refractivity contribution in [1.29, 1.82) is 0 Å². The third kappa shape index (κ3) is 6.06. The number of aryl methyl sites for hydroxylation is 2. The molecular formula is C29H35ClN6O3. The molecule has 9 nitrogen and oxygen atoms in total. The first-order chi connectivity index (χ1) is 18.5. The SMILES string of the molecule is CNC[C@@H](O)COc1ccc(Cl)c(-c2nc(C(C(C)=O)=C(C)N)c(C)c(N3Cc4cc(C)nc(C)c4C3)n2)c1. The van der Waals surface area contributed by atoms with Gasteiger partial charge in [0, 0.05) is 47.8 Å². The van der Waals surface area contributed by atoms with Crippen molar-refractivity contribution < 1.29 is 14.6 Å². The van der Waals surface area contributed by atoms with Gasteiger partial charge < -0.3 is 25.8 Å². The quantitative estimate of drug-likeness (QED) is 0.340. The first-order valence-electron chi connectivity index (χ1n) is 12.8. The van der Waals surface area contributed by atoms with E-state index in [1.165, 1.54) is 18.1 Å². The molecule has 1 atom stereocenters. The number of Topliss-reactive ketones (excluding diaryl/α,β-unsaturated/α-hetero) is 1. The zero-order valence-corrected chi connectivity index (χ0v) is 24.0. The molecule has 0 unspecified atom stereocenters. The third-order valence-electron chi connectivity index (χ3n) is 6.73. The number of likely N-dealkylation sites (N-methyl/N-ethyl adjacent to an activating group) is 1. The van der Waals surface area contributed by atoms with Crippen molar-refractivity contribution in [2.45, 2.75) is 53.8 Å². The van der Waals surface area contributed by atoms with Crippen molar-refractivity contribution in [2.75, 3.05) is 25.1 Å². The van der Waals surface area contributed by atoms with Gasteiger partial charge in [0.25, 0.3) is 0 Å². The molecule has 10 heteroatoms. The van der Waals surface area contributed by atoms with Crippen LogP contribution in [0.2, 0.25) is 5.02 Å². The molecule has 1 aromatic carbocycles. The number of aliphatic hydroxyl groups excluding tert-OH is 1. The molecule has 0 amide bonds. The van der Waals surface area contributed by atoms with E-state index in [0.29, 0.717) is 64.6 Å². The lowest BCUT2D eigenvalue weighted by Gasteiger charge is -2.22. The maximum absolute atomic E-state index is 12.7. The molecule has 4 rings (SSSR count). The van der Waals surface area contributed by atoms with Crippen molar-refractivity contribution in [3.05, 3.63) is 68.8 Å². The van der Waals surface area contributed by atoms with Crippen LogP contribution in [0.1, 0.15) is 47.6 Å². The van der Waals surface area contributed by atoms with Crippen molar-refractivity contribution in [3.8, 4) is 17.1 Å². The number of nitrogens with two attached hydrogens (primary N) is 1. The van der Waals surface area contributed by atoms with Gasteiger partial charge in [-0.2, -0.15) is 0 Å². The minimum absolute atomic E-state index is 0.107. The fourth-order valence-corrected chi connectivity index (χ4v) is 5.16. The second-order valence-corrected chi connectivity index (χ2v) is 10.4. The second kappa shape index (κ2) is 11.7. The summed E-state index contributed by atoms with van der Waals surface area (Å²) in [6.07, 6.45) is -0.669. The number of ether oxygens (including phenoxy) is 1. The number of halogens is 1. The van der Waals surface area contributed by atoms with Gasteiger partial charge in [0.1, 0.15) is 24.3 Å². The van der Waals surface area contributed by atoms with E-state index < -0.39 is 6.10 Å². The van der Waals surface area contributed by atoms with E-state index >= 15 is 0 Å². The highest BCUT2D eigenvalue weighted by Gasteiger charge is 2.28. The molecule has 3 aromatic rings. The summed E-state index contributed by atoms with van der Waals surface area (Å²) in [5, 5.41) is 13.4. The summed E-state index contributed by atoms with van der Waals surface area (Å²) in [4.78, 5) is 29.3. The molecule has 4 N–H and O–H groups in total. The van der Waals surface area contributed by atoms with Gasteiger partial charge in [-0.3, -0.25) is 9.78 Å². The maximum atomic E-state index is 12.7. The van der Waals surface area contributed by atoms with Crippen LogP contribution in [0.15, 0.2) is 30.0 Å². The third-order valence-corrected chi connectivity index (χ3v) is 7.06. The number of fused-ring (bicyclic) bond motifs is 1. The molecule has 0 radical (unpaired) electrons.